The van der Waals surface area contributed by atoms with Crippen molar-refractivity contribution < 1.29 is 22.7 Å². The lowest BCUT2D eigenvalue weighted by Gasteiger charge is -2.31. The van der Waals surface area contributed by atoms with Crippen LogP contribution >= 0.6 is 10.7 Å². The number of nitrogens with one attached hydrogen (secondary N) is 1. The molecule has 3 aromatic rings. The molecule has 1 N–H and O–H groups in total. The van der Waals surface area contributed by atoms with Crippen molar-refractivity contribution in [1.29, 1.82) is 0 Å². The first kappa shape index (κ1) is 24.7. The van der Waals surface area contributed by atoms with Crippen LogP contribution in [0.25, 0.3) is 11.1 Å². The second-order valence-corrected chi connectivity index (χ2v) is 12.0. The van der Waals surface area contributed by atoms with E-state index in [1.54, 1.807) is 19.2 Å². The lowest BCUT2D eigenvalue weighted by molar-refractivity contribution is 0.140. The van der Waals surface area contributed by atoms with E-state index in [-0.39, 0.29) is 17.4 Å². The lowest BCUT2D eigenvalue weighted by Crippen LogP contribution is -2.40. The van der Waals surface area contributed by atoms with Gasteiger partial charge < -0.3 is 14.8 Å². The Hall–Kier alpha value is -3.03. The van der Waals surface area contributed by atoms with Crippen LogP contribution in [0, 0.1) is 0 Å². The van der Waals surface area contributed by atoms with Gasteiger partial charge in [-0.15, -0.1) is 0 Å². The molecule has 2 aliphatic carbocycles. The van der Waals surface area contributed by atoms with Gasteiger partial charge in [0.05, 0.1) is 12.0 Å². The Kier molecular flexibility index (Phi) is 6.70. The number of carbonyl (C=O) groups excluding carboxylic acids is 1. The highest BCUT2D eigenvalue weighted by atomic mass is 35.7. The van der Waals surface area contributed by atoms with Crippen molar-refractivity contribution in [1.82, 2.24) is 5.32 Å². The molecule has 188 valence electrons. The van der Waals surface area contributed by atoms with E-state index in [1.165, 1.54) is 17.2 Å². The molecule has 0 aromatic heterocycles. The van der Waals surface area contributed by atoms with Crippen LogP contribution in [0.2, 0.25) is 0 Å². The molecule has 0 heterocycles. The summed E-state index contributed by atoms with van der Waals surface area (Å²) in [6, 6.07) is 21.0. The van der Waals surface area contributed by atoms with E-state index in [9.17, 15) is 13.2 Å². The molecule has 6 nitrogen and oxygen atoms in total. The zero-order chi connectivity index (χ0) is 25.3. The number of hydrogen-bond acceptors (Lipinski definition) is 5. The van der Waals surface area contributed by atoms with Crippen molar-refractivity contribution in [2.45, 2.75) is 41.9 Å². The maximum absolute atomic E-state index is 12.9. The molecule has 0 aliphatic heterocycles. The summed E-state index contributed by atoms with van der Waals surface area (Å²) in [6.45, 7) is 0.544. The van der Waals surface area contributed by atoms with Crippen LogP contribution in [-0.2, 0) is 19.2 Å². The van der Waals surface area contributed by atoms with Gasteiger partial charge >= 0.3 is 6.09 Å². The molecule has 3 aromatic carbocycles. The van der Waals surface area contributed by atoms with Gasteiger partial charge in [0.15, 0.2) is 0 Å². The summed E-state index contributed by atoms with van der Waals surface area (Å²) in [4.78, 5) is 12.9. The summed E-state index contributed by atoms with van der Waals surface area (Å²) >= 11 is 0. The standard InChI is InChI=1S/C28H28ClNO5S/c1-34-26-13-12-19(36(29,32)33)16-25(26)28(14-6-7-15-28)18-30-27(31)35-17-24-22-10-4-2-8-20(22)21-9-3-5-11-23(21)24/h2-5,8-13,16,24H,6-7,14-15,17-18H2,1H3,(H,30,31). The SMILES string of the molecule is COc1ccc(S(=O)(=O)Cl)cc1C1(CNC(=O)OCC2c3ccccc3-c3ccccc32)CCCC1. The lowest BCUT2D eigenvalue weighted by atomic mass is 9.78. The van der Waals surface area contributed by atoms with Crippen molar-refractivity contribution in [2.24, 2.45) is 0 Å². The summed E-state index contributed by atoms with van der Waals surface area (Å²) in [5.41, 5.74) is 4.93. The number of rotatable bonds is 7. The fraction of sp³-hybridized carbons (Fsp3) is 0.321. The van der Waals surface area contributed by atoms with Crippen LogP contribution in [0.15, 0.2) is 71.6 Å². The Bertz CT molecular complexity index is 1350. The van der Waals surface area contributed by atoms with Crippen LogP contribution < -0.4 is 10.1 Å². The predicted octanol–water partition coefficient (Wildman–Crippen LogP) is 5.97. The molecular weight excluding hydrogens is 498 g/mol. The Morgan fingerprint density at radius 2 is 1.61 bits per heavy atom. The van der Waals surface area contributed by atoms with Gasteiger partial charge in [0, 0.05) is 34.1 Å². The van der Waals surface area contributed by atoms with Crippen molar-refractivity contribution in [3.05, 3.63) is 83.4 Å². The molecule has 2 aliphatic rings. The topological polar surface area (TPSA) is 81.7 Å². The largest absolute Gasteiger partial charge is 0.496 e. The van der Waals surface area contributed by atoms with Crippen molar-refractivity contribution in [2.75, 3.05) is 20.3 Å². The zero-order valence-corrected chi connectivity index (χ0v) is 21.6. The molecule has 1 amide bonds. The maximum atomic E-state index is 12.9. The minimum atomic E-state index is -3.90. The van der Waals surface area contributed by atoms with Crippen molar-refractivity contribution in [3.8, 4) is 16.9 Å². The van der Waals surface area contributed by atoms with Gasteiger partial charge in [0.1, 0.15) is 12.4 Å². The molecule has 0 spiro atoms. The summed E-state index contributed by atoms with van der Waals surface area (Å²) in [5.74, 6) is 0.560. The fourth-order valence-electron chi connectivity index (χ4n) is 5.74. The molecule has 5 rings (SSSR count). The Labute approximate surface area is 216 Å². The Morgan fingerprint density at radius 3 is 2.19 bits per heavy atom. The summed E-state index contributed by atoms with van der Waals surface area (Å²) < 4.78 is 35.3. The number of ether oxygens (including phenoxy) is 2. The number of carbonyl (C=O) groups is 1. The number of alkyl carbamates (subject to hydrolysis) is 1. The third-order valence-corrected chi connectivity index (χ3v) is 8.85. The number of benzene rings is 3. The third-order valence-electron chi connectivity index (χ3n) is 7.50. The molecule has 0 saturated heterocycles. The second kappa shape index (κ2) is 9.79. The second-order valence-electron chi connectivity index (χ2n) is 9.47. The maximum Gasteiger partial charge on any atom is 0.407 e. The number of halogens is 1. The van der Waals surface area contributed by atoms with Gasteiger partial charge in [-0.2, -0.15) is 0 Å². The van der Waals surface area contributed by atoms with Gasteiger partial charge in [0.2, 0.25) is 0 Å². The van der Waals surface area contributed by atoms with E-state index < -0.39 is 20.6 Å². The average molecular weight is 526 g/mol. The molecule has 0 unspecified atom stereocenters. The number of hydrogen-bond donors (Lipinski definition) is 1. The van der Waals surface area contributed by atoms with Gasteiger partial charge in [-0.1, -0.05) is 61.4 Å². The quantitative estimate of drug-likeness (QED) is 0.384. The van der Waals surface area contributed by atoms with Gasteiger partial charge in [-0.3, -0.25) is 0 Å². The van der Waals surface area contributed by atoms with Gasteiger partial charge in [0.25, 0.3) is 9.05 Å². The van der Waals surface area contributed by atoms with Crippen molar-refractivity contribution >= 4 is 25.8 Å². The predicted molar refractivity (Wildman–Crippen MR) is 139 cm³/mol. The molecule has 8 heteroatoms. The van der Waals surface area contributed by atoms with Crippen LogP contribution in [0.5, 0.6) is 5.75 Å². The summed E-state index contributed by atoms with van der Waals surface area (Å²) in [5, 5.41) is 2.95. The first-order chi connectivity index (χ1) is 17.3. The van der Waals surface area contributed by atoms with E-state index in [1.807, 2.05) is 24.3 Å². The molecule has 1 fully saturated rings. The average Bonchev–Trinajstić information content (AvgIpc) is 3.49. The van der Waals surface area contributed by atoms with Gasteiger partial charge in [-0.05, 0) is 53.3 Å². The monoisotopic (exact) mass is 525 g/mol. The number of fused-ring (bicyclic) bond motifs is 3. The smallest absolute Gasteiger partial charge is 0.407 e. The minimum Gasteiger partial charge on any atom is -0.496 e. The zero-order valence-electron chi connectivity index (χ0n) is 20.0. The molecule has 1 saturated carbocycles. The molecule has 0 atom stereocenters. The van der Waals surface area contributed by atoms with E-state index in [0.29, 0.717) is 12.3 Å². The summed E-state index contributed by atoms with van der Waals surface area (Å²) in [7, 11) is 3.27. The first-order valence-corrected chi connectivity index (χ1v) is 14.4. The van der Waals surface area contributed by atoms with Crippen LogP contribution in [-0.4, -0.2) is 34.8 Å². The Balaban J connectivity index is 1.32. The first-order valence-electron chi connectivity index (χ1n) is 12.0. The van der Waals surface area contributed by atoms with Crippen molar-refractivity contribution in [3.63, 3.8) is 0 Å². The third kappa shape index (κ3) is 4.58. The number of amides is 1. The van der Waals surface area contributed by atoms with Crippen LogP contribution in [0.4, 0.5) is 4.79 Å². The van der Waals surface area contributed by atoms with Gasteiger partial charge in [-0.25, -0.2) is 13.2 Å². The van der Waals surface area contributed by atoms with E-state index in [0.717, 1.165) is 42.4 Å². The fourth-order valence-corrected chi connectivity index (χ4v) is 6.51. The highest BCUT2D eigenvalue weighted by molar-refractivity contribution is 8.13. The van der Waals surface area contributed by atoms with E-state index in [4.69, 9.17) is 20.2 Å². The summed E-state index contributed by atoms with van der Waals surface area (Å²) in [6.07, 6.45) is 3.02. The Morgan fingerprint density at radius 1 is 1.00 bits per heavy atom. The molecule has 0 radical (unpaired) electrons. The molecular formula is C28H28ClNO5S. The normalized spacial score (nSPS) is 16.3. The highest BCUT2D eigenvalue weighted by Gasteiger charge is 2.39. The highest BCUT2D eigenvalue weighted by Crippen LogP contribution is 2.46. The van der Waals surface area contributed by atoms with Crippen LogP contribution in [0.1, 0.15) is 48.3 Å². The minimum absolute atomic E-state index is 0.0192. The van der Waals surface area contributed by atoms with E-state index in [2.05, 4.69) is 29.6 Å². The molecule has 36 heavy (non-hydrogen) atoms. The number of methoxy groups -OCH3 is 1. The van der Waals surface area contributed by atoms with Crippen LogP contribution in [0.3, 0.4) is 0 Å². The molecule has 0 bridgehead atoms. The van der Waals surface area contributed by atoms with E-state index >= 15 is 0 Å².